The Hall–Kier alpha value is -0.706. The molecular formula is C24H36NO3Y-. The molecule has 3 atom stereocenters. The first-order valence-electron chi connectivity index (χ1n) is 10.7. The molecule has 0 spiro atoms. The van der Waals surface area contributed by atoms with Gasteiger partial charge in [-0.25, -0.2) is 0 Å². The van der Waals surface area contributed by atoms with E-state index < -0.39 is 6.10 Å². The molecule has 0 aromatic heterocycles. The van der Waals surface area contributed by atoms with Gasteiger partial charge in [0.15, 0.2) is 0 Å². The number of benzene rings is 1. The third-order valence-electron chi connectivity index (χ3n) is 5.51. The minimum absolute atomic E-state index is 0. The van der Waals surface area contributed by atoms with Crippen LogP contribution < -0.4 is 4.74 Å². The van der Waals surface area contributed by atoms with Crippen molar-refractivity contribution in [3.05, 3.63) is 48.9 Å². The Balaban J connectivity index is 0.00000420. The van der Waals surface area contributed by atoms with Crippen molar-refractivity contribution in [3.63, 3.8) is 0 Å². The van der Waals surface area contributed by atoms with E-state index in [0.29, 0.717) is 6.61 Å². The summed E-state index contributed by atoms with van der Waals surface area (Å²) in [6, 6.07) is 7.72. The molecule has 4 nitrogen and oxygen atoms in total. The Morgan fingerprint density at radius 1 is 1.28 bits per heavy atom. The van der Waals surface area contributed by atoms with E-state index in [1.54, 1.807) is 0 Å². The van der Waals surface area contributed by atoms with E-state index in [2.05, 4.69) is 26.0 Å². The van der Waals surface area contributed by atoms with E-state index >= 15 is 0 Å². The molecule has 1 radical (unpaired) electrons. The number of aliphatic hydroxyl groups is 1. The second kappa shape index (κ2) is 14.3. The molecule has 1 amide bonds. The van der Waals surface area contributed by atoms with E-state index in [-0.39, 0.29) is 50.5 Å². The first-order valence-corrected chi connectivity index (χ1v) is 10.7. The predicted molar refractivity (Wildman–Crippen MR) is 114 cm³/mol. The van der Waals surface area contributed by atoms with Gasteiger partial charge in [0.25, 0.3) is 0 Å². The number of aliphatic hydroxyl groups excluding tert-OH is 1. The van der Waals surface area contributed by atoms with Gasteiger partial charge in [0.2, 0.25) is 5.91 Å². The summed E-state index contributed by atoms with van der Waals surface area (Å²) < 4.78 is 5.98. The first-order chi connectivity index (χ1) is 13.6. The molecule has 5 heteroatoms. The van der Waals surface area contributed by atoms with E-state index in [4.69, 9.17) is 4.74 Å². The molecule has 1 fully saturated rings. The van der Waals surface area contributed by atoms with E-state index in [1.165, 1.54) is 0 Å². The van der Waals surface area contributed by atoms with Gasteiger partial charge in [0, 0.05) is 58.1 Å². The van der Waals surface area contributed by atoms with Gasteiger partial charge in [-0.1, -0.05) is 56.9 Å². The largest absolute Gasteiger partial charge is 0.493 e. The normalized spacial score (nSPS) is 20.1. The molecule has 1 aliphatic rings. The van der Waals surface area contributed by atoms with Crippen LogP contribution in [-0.4, -0.2) is 36.1 Å². The van der Waals surface area contributed by atoms with Gasteiger partial charge in [-0.05, 0) is 30.5 Å². The molecule has 0 saturated carbocycles. The topological polar surface area (TPSA) is 49.8 Å². The zero-order valence-electron chi connectivity index (χ0n) is 18.1. The fourth-order valence-electron chi connectivity index (χ4n) is 3.74. The summed E-state index contributed by atoms with van der Waals surface area (Å²) in [6.07, 6.45) is 10.6. The van der Waals surface area contributed by atoms with Crippen LogP contribution in [-0.2, 0) is 37.5 Å². The maximum atomic E-state index is 12.4. The molecule has 2 rings (SSSR count). The van der Waals surface area contributed by atoms with Crippen LogP contribution in [0, 0.1) is 18.8 Å². The number of unbranched alkanes of at least 4 members (excludes halogenated alkanes) is 3. The molecule has 0 aliphatic carbocycles. The van der Waals surface area contributed by atoms with Crippen molar-refractivity contribution in [3.8, 4) is 5.75 Å². The van der Waals surface area contributed by atoms with Crippen molar-refractivity contribution in [2.45, 2.75) is 58.0 Å². The number of hydrogen-bond donors (Lipinski definition) is 1. The van der Waals surface area contributed by atoms with Crippen molar-refractivity contribution in [1.29, 1.82) is 0 Å². The molecule has 1 aromatic rings. The molecule has 29 heavy (non-hydrogen) atoms. The average molecular weight is 475 g/mol. The van der Waals surface area contributed by atoms with Gasteiger partial charge in [0.05, 0.1) is 12.7 Å². The van der Waals surface area contributed by atoms with Crippen molar-refractivity contribution < 1.29 is 47.3 Å². The van der Waals surface area contributed by atoms with Gasteiger partial charge >= 0.3 is 0 Å². The zero-order valence-corrected chi connectivity index (χ0v) is 20.9. The van der Waals surface area contributed by atoms with Crippen LogP contribution in [0.2, 0.25) is 0 Å². The molecule has 1 heterocycles. The van der Waals surface area contributed by atoms with Gasteiger partial charge < -0.3 is 21.7 Å². The van der Waals surface area contributed by atoms with Gasteiger partial charge in [0.1, 0.15) is 5.75 Å². The summed E-state index contributed by atoms with van der Waals surface area (Å²) in [4.78, 5) is 14.2. The van der Waals surface area contributed by atoms with Gasteiger partial charge in [-0.3, -0.25) is 4.79 Å². The molecular weight excluding hydrogens is 439 g/mol. The summed E-state index contributed by atoms with van der Waals surface area (Å²) in [5.74, 6) is 1.18. The molecule has 0 bridgehead atoms. The van der Waals surface area contributed by atoms with Gasteiger partial charge in [-0.2, -0.15) is 6.42 Å². The molecule has 159 valence electrons. The van der Waals surface area contributed by atoms with E-state index in [0.717, 1.165) is 62.8 Å². The SMILES string of the molecule is [CH2-]CC/C=C\C[C@H]1C(=O)N(C)C[C@@H]1COc1ccc(C(O)CCCCC)cc1.[Y]. The molecule has 1 N–H and O–H groups in total. The zero-order chi connectivity index (χ0) is 20.4. The Labute approximate surface area is 202 Å². The number of allylic oxidation sites excluding steroid dienone is 2. The van der Waals surface area contributed by atoms with Crippen molar-refractivity contribution in [2.75, 3.05) is 20.2 Å². The Bertz CT molecular complexity index is 617. The Morgan fingerprint density at radius 3 is 2.66 bits per heavy atom. The smallest absolute Gasteiger partial charge is 0.226 e. The number of ether oxygens (including phenoxy) is 1. The average Bonchev–Trinajstić information content (AvgIpc) is 2.97. The van der Waals surface area contributed by atoms with E-state index in [1.807, 2.05) is 36.2 Å². The van der Waals surface area contributed by atoms with Crippen LogP contribution in [0.5, 0.6) is 5.75 Å². The minimum Gasteiger partial charge on any atom is -0.493 e. The second-order valence-electron chi connectivity index (χ2n) is 7.83. The third-order valence-corrected chi connectivity index (χ3v) is 5.51. The van der Waals surface area contributed by atoms with Crippen molar-refractivity contribution >= 4 is 5.91 Å². The van der Waals surface area contributed by atoms with Gasteiger partial charge in [-0.15, -0.1) is 0 Å². The van der Waals surface area contributed by atoms with Crippen LogP contribution in [0.25, 0.3) is 0 Å². The minimum atomic E-state index is -0.406. The van der Waals surface area contributed by atoms with Crippen LogP contribution in [0.3, 0.4) is 0 Å². The molecule has 1 aliphatic heterocycles. The quantitative estimate of drug-likeness (QED) is 0.265. The fourth-order valence-corrected chi connectivity index (χ4v) is 3.74. The summed E-state index contributed by atoms with van der Waals surface area (Å²) in [6.45, 7) is 7.26. The fraction of sp³-hybridized carbons (Fsp3) is 0.583. The van der Waals surface area contributed by atoms with E-state index in [9.17, 15) is 9.90 Å². The maximum Gasteiger partial charge on any atom is 0.226 e. The third kappa shape index (κ3) is 8.51. The number of nitrogens with zero attached hydrogens (tertiary/aromatic N) is 1. The predicted octanol–water partition coefficient (Wildman–Crippen LogP) is 4.94. The monoisotopic (exact) mass is 475 g/mol. The second-order valence-corrected chi connectivity index (χ2v) is 7.83. The van der Waals surface area contributed by atoms with Crippen LogP contribution in [0.15, 0.2) is 36.4 Å². The van der Waals surface area contributed by atoms with Crippen LogP contribution >= 0.6 is 0 Å². The summed E-state index contributed by atoms with van der Waals surface area (Å²) in [5.41, 5.74) is 0.938. The number of rotatable bonds is 12. The van der Waals surface area contributed by atoms with Crippen LogP contribution in [0.4, 0.5) is 0 Å². The number of hydrogen-bond acceptors (Lipinski definition) is 3. The Morgan fingerprint density at radius 2 is 2.00 bits per heavy atom. The number of amides is 1. The number of carbonyl (C=O) groups excluding carboxylic acids is 1. The summed E-state index contributed by atoms with van der Waals surface area (Å²) in [5, 5.41) is 10.3. The van der Waals surface area contributed by atoms with Crippen LogP contribution in [0.1, 0.15) is 63.5 Å². The number of carbonyl (C=O) groups is 1. The standard InChI is InChI=1S/C24H36NO3.Y/c1-4-6-8-10-11-22-20(17-25(3)24(22)27)18-28-21-15-13-19(14-16-21)23(26)12-9-7-5-2;/h8,10,13-16,20,22-23,26H,1,4-7,9,11-12,17-18H2,2-3H3;/q-1;/b10-8-;/t20-,22-,23?;/m1./s1. The summed E-state index contributed by atoms with van der Waals surface area (Å²) >= 11 is 0. The first kappa shape index (κ1) is 26.3. The molecule has 1 saturated heterocycles. The maximum absolute atomic E-state index is 12.4. The van der Waals surface area contributed by atoms with Crippen molar-refractivity contribution in [1.82, 2.24) is 4.90 Å². The Kier molecular flexibility index (Phi) is 13.0. The number of likely N-dealkylation sites (tertiary alicyclic amines) is 1. The molecule has 1 unspecified atom stereocenters. The van der Waals surface area contributed by atoms with Crippen molar-refractivity contribution in [2.24, 2.45) is 11.8 Å². The summed E-state index contributed by atoms with van der Waals surface area (Å²) in [7, 11) is 1.86. The molecule has 1 aromatic carbocycles.